The molecular weight excluding hydrogens is 276 g/mol. The number of carboxylic acid groups (broad SMARTS) is 1. The molecule has 1 aromatic carbocycles. The SMILES string of the molecule is Cc1cc(C(=O)O)ccc1NC(=O)NCCc1ncon1. The molecule has 0 unspecified atom stereocenters. The third kappa shape index (κ3) is 4.03. The van der Waals surface area contributed by atoms with E-state index in [0.717, 1.165) is 0 Å². The highest BCUT2D eigenvalue weighted by atomic mass is 16.5. The summed E-state index contributed by atoms with van der Waals surface area (Å²) in [6, 6.07) is 4.10. The Hall–Kier alpha value is -2.90. The Labute approximate surface area is 120 Å². The Morgan fingerprint density at radius 2 is 2.19 bits per heavy atom. The number of aryl methyl sites for hydroxylation is 1. The van der Waals surface area contributed by atoms with E-state index in [2.05, 4.69) is 25.3 Å². The normalized spacial score (nSPS) is 10.1. The molecule has 2 rings (SSSR count). The van der Waals surface area contributed by atoms with E-state index in [0.29, 0.717) is 30.0 Å². The van der Waals surface area contributed by atoms with Crippen molar-refractivity contribution in [1.82, 2.24) is 15.5 Å². The first-order valence-corrected chi connectivity index (χ1v) is 6.20. The van der Waals surface area contributed by atoms with Crippen LogP contribution in [-0.4, -0.2) is 33.8 Å². The summed E-state index contributed by atoms with van der Waals surface area (Å²) >= 11 is 0. The number of carboxylic acids is 1. The number of nitrogens with one attached hydrogen (secondary N) is 2. The van der Waals surface area contributed by atoms with Gasteiger partial charge in [0, 0.05) is 18.7 Å². The van der Waals surface area contributed by atoms with Crippen LogP contribution in [0.2, 0.25) is 0 Å². The van der Waals surface area contributed by atoms with Crippen LogP contribution in [0.3, 0.4) is 0 Å². The number of anilines is 1. The summed E-state index contributed by atoms with van der Waals surface area (Å²) in [7, 11) is 0. The number of aromatic nitrogens is 2. The summed E-state index contributed by atoms with van der Waals surface area (Å²) in [5.74, 6) is -0.494. The van der Waals surface area contributed by atoms with Gasteiger partial charge in [-0.05, 0) is 30.7 Å². The number of aromatic carboxylic acids is 1. The van der Waals surface area contributed by atoms with Gasteiger partial charge < -0.3 is 20.3 Å². The molecule has 0 aliphatic rings. The Morgan fingerprint density at radius 1 is 1.38 bits per heavy atom. The zero-order chi connectivity index (χ0) is 15.2. The summed E-state index contributed by atoms with van der Waals surface area (Å²) in [4.78, 5) is 26.4. The number of rotatable bonds is 5. The van der Waals surface area contributed by atoms with Crippen molar-refractivity contribution in [3.8, 4) is 0 Å². The lowest BCUT2D eigenvalue weighted by Crippen LogP contribution is -2.30. The molecule has 0 spiro atoms. The molecule has 21 heavy (non-hydrogen) atoms. The molecule has 0 fully saturated rings. The van der Waals surface area contributed by atoms with Gasteiger partial charge in [-0.25, -0.2) is 9.59 Å². The first-order valence-electron chi connectivity index (χ1n) is 6.20. The van der Waals surface area contributed by atoms with Gasteiger partial charge in [0.1, 0.15) is 0 Å². The van der Waals surface area contributed by atoms with Gasteiger partial charge in [-0.1, -0.05) is 5.16 Å². The van der Waals surface area contributed by atoms with Crippen molar-refractivity contribution in [3.63, 3.8) is 0 Å². The fourth-order valence-electron chi connectivity index (χ4n) is 1.69. The molecule has 0 aliphatic heterocycles. The van der Waals surface area contributed by atoms with Crippen LogP contribution < -0.4 is 10.6 Å². The van der Waals surface area contributed by atoms with E-state index < -0.39 is 5.97 Å². The van der Waals surface area contributed by atoms with Crippen LogP contribution in [-0.2, 0) is 6.42 Å². The first kappa shape index (κ1) is 14.5. The van der Waals surface area contributed by atoms with Crippen molar-refractivity contribution >= 4 is 17.7 Å². The monoisotopic (exact) mass is 290 g/mol. The van der Waals surface area contributed by atoms with Crippen molar-refractivity contribution in [2.45, 2.75) is 13.3 Å². The number of hydrogen-bond donors (Lipinski definition) is 3. The lowest BCUT2D eigenvalue weighted by atomic mass is 10.1. The predicted molar refractivity (Wildman–Crippen MR) is 73.2 cm³/mol. The van der Waals surface area contributed by atoms with Crippen LogP contribution in [0, 0.1) is 6.92 Å². The van der Waals surface area contributed by atoms with E-state index in [9.17, 15) is 9.59 Å². The average molecular weight is 290 g/mol. The maximum Gasteiger partial charge on any atom is 0.335 e. The minimum absolute atomic E-state index is 0.176. The highest BCUT2D eigenvalue weighted by Gasteiger charge is 2.08. The summed E-state index contributed by atoms with van der Waals surface area (Å²) in [6.45, 7) is 2.08. The van der Waals surface area contributed by atoms with Gasteiger partial charge in [0.2, 0.25) is 6.39 Å². The van der Waals surface area contributed by atoms with E-state index in [-0.39, 0.29) is 11.6 Å². The molecule has 1 heterocycles. The molecule has 2 aromatic rings. The maximum absolute atomic E-state index is 11.7. The quantitative estimate of drug-likeness (QED) is 0.767. The number of amides is 2. The summed E-state index contributed by atoms with van der Waals surface area (Å²) in [5.41, 5.74) is 1.40. The average Bonchev–Trinajstić information content (AvgIpc) is 2.94. The van der Waals surface area contributed by atoms with Gasteiger partial charge in [-0.3, -0.25) is 0 Å². The zero-order valence-electron chi connectivity index (χ0n) is 11.3. The van der Waals surface area contributed by atoms with Crippen molar-refractivity contribution < 1.29 is 19.2 Å². The molecule has 8 nitrogen and oxygen atoms in total. The van der Waals surface area contributed by atoms with Gasteiger partial charge in [-0.2, -0.15) is 4.98 Å². The van der Waals surface area contributed by atoms with Crippen molar-refractivity contribution in [2.24, 2.45) is 0 Å². The second-order valence-corrected chi connectivity index (χ2v) is 4.31. The lowest BCUT2D eigenvalue weighted by molar-refractivity contribution is 0.0697. The third-order valence-electron chi connectivity index (χ3n) is 2.76. The van der Waals surface area contributed by atoms with E-state index in [4.69, 9.17) is 5.11 Å². The number of carbonyl (C=O) groups is 2. The Morgan fingerprint density at radius 3 is 2.81 bits per heavy atom. The fourth-order valence-corrected chi connectivity index (χ4v) is 1.69. The molecule has 110 valence electrons. The molecule has 0 saturated heterocycles. The largest absolute Gasteiger partial charge is 0.478 e. The Balaban J connectivity index is 1.86. The van der Waals surface area contributed by atoms with Gasteiger partial charge >= 0.3 is 12.0 Å². The van der Waals surface area contributed by atoms with Gasteiger partial charge in [0.15, 0.2) is 5.82 Å². The second-order valence-electron chi connectivity index (χ2n) is 4.31. The van der Waals surface area contributed by atoms with Gasteiger partial charge in [-0.15, -0.1) is 0 Å². The van der Waals surface area contributed by atoms with E-state index in [1.165, 1.54) is 18.5 Å². The fraction of sp³-hybridized carbons (Fsp3) is 0.231. The molecule has 8 heteroatoms. The van der Waals surface area contributed by atoms with Crippen molar-refractivity contribution in [3.05, 3.63) is 41.5 Å². The van der Waals surface area contributed by atoms with Crippen LogP contribution >= 0.6 is 0 Å². The minimum Gasteiger partial charge on any atom is -0.478 e. The minimum atomic E-state index is -1.01. The number of carbonyl (C=O) groups excluding carboxylic acids is 1. The Kier molecular flexibility index (Phi) is 4.50. The van der Waals surface area contributed by atoms with Crippen LogP contribution in [0.5, 0.6) is 0 Å². The molecular formula is C13H14N4O4. The highest BCUT2D eigenvalue weighted by Crippen LogP contribution is 2.16. The number of nitrogens with zero attached hydrogens (tertiary/aromatic N) is 2. The number of hydrogen-bond acceptors (Lipinski definition) is 5. The second kappa shape index (κ2) is 6.51. The molecule has 0 saturated carbocycles. The van der Waals surface area contributed by atoms with Crippen LogP contribution in [0.25, 0.3) is 0 Å². The smallest absolute Gasteiger partial charge is 0.335 e. The van der Waals surface area contributed by atoms with Crippen molar-refractivity contribution in [2.75, 3.05) is 11.9 Å². The number of urea groups is 1. The summed E-state index contributed by atoms with van der Waals surface area (Å²) in [5, 5.41) is 17.8. The highest BCUT2D eigenvalue weighted by molar-refractivity contribution is 5.92. The molecule has 3 N–H and O–H groups in total. The van der Waals surface area contributed by atoms with E-state index in [1.54, 1.807) is 13.0 Å². The molecule has 2 amide bonds. The summed E-state index contributed by atoms with van der Waals surface area (Å²) in [6.07, 6.45) is 1.68. The van der Waals surface area contributed by atoms with Gasteiger partial charge in [0.05, 0.1) is 5.56 Å². The lowest BCUT2D eigenvalue weighted by Gasteiger charge is -2.10. The third-order valence-corrected chi connectivity index (χ3v) is 2.76. The maximum atomic E-state index is 11.7. The van der Waals surface area contributed by atoms with Crippen molar-refractivity contribution in [1.29, 1.82) is 0 Å². The first-order chi connectivity index (χ1) is 10.1. The van der Waals surface area contributed by atoms with Crippen LogP contribution in [0.15, 0.2) is 29.1 Å². The summed E-state index contributed by atoms with van der Waals surface area (Å²) < 4.78 is 4.58. The zero-order valence-corrected chi connectivity index (χ0v) is 11.3. The molecule has 0 radical (unpaired) electrons. The van der Waals surface area contributed by atoms with E-state index in [1.807, 2.05) is 0 Å². The molecule has 1 aromatic heterocycles. The Bertz CT molecular complexity index is 640. The van der Waals surface area contributed by atoms with Crippen LogP contribution in [0.1, 0.15) is 21.7 Å². The molecule has 0 bridgehead atoms. The van der Waals surface area contributed by atoms with E-state index >= 15 is 0 Å². The standard InChI is InChI=1S/C13H14N4O4/c1-8-6-9(12(18)19)2-3-10(8)16-13(20)14-5-4-11-15-7-21-17-11/h2-3,6-7H,4-5H2,1H3,(H,18,19)(H2,14,16,20). The molecule has 0 aliphatic carbocycles. The topological polar surface area (TPSA) is 117 Å². The number of benzene rings is 1. The van der Waals surface area contributed by atoms with Gasteiger partial charge in [0.25, 0.3) is 0 Å². The predicted octanol–water partition coefficient (Wildman–Crippen LogP) is 1.44. The molecule has 0 atom stereocenters. The van der Waals surface area contributed by atoms with Crippen LogP contribution in [0.4, 0.5) is 10.5 Å².